The van der Waals surface area contributed by atoms with Crippen LogP contribution in [0.15, 0.2) is 48.5 Å². The molecule has 156 valence electrons. The molecule has 0 atom stereocenters. The summed E-state index contributed by atoms with van der Waals surface area (Å²) in [6.45, 7) is 2.59. The maximum atomic E-state index is 11.9. The molecule has 0 spiro atoms. The summed E-state index contributed by atoms with van der Waals surface area (Å²) in [5.74, 6) is 1.66. The molecule has 2 heterocycles. The summed E-state index contributed by atoms with van der Waals surface area (Å²) in [6, 6.07) is 15.7. The van der Waals surface area contributed by atoms with Gasteiger partial charge >= 0.3 is 0 Å². The quantitative estimate of drug-likeness (QED) is 0.521. The van der Waals surface area contributed by atoms with E-state index in [-0.39, 0.29) is 0 Å². The van der Waals surface area contributed by atoms with Crippen LogP contribution in [0.2, 0.25) is 0 Å². The van der Waals surface area contributed by atoms with Crippen molar-refractivity contribution < 1.29 is 4.79 Å². The molecule has 0 radical (unpaired) electrons. The average molecular weight is 412 g/mol. The van der Waals surface area contributed by atoms with Gasteiger partial charge < -0.3 is 11.1 Å². The summed E-state index contributed by atoms with van der Waals surface area (Å²) in [5, 5.41) is 3.53. The zero-order valence-electron chi connectivity index (χ0n) is 17.4. The number of primary amides is 1. The number of rotatable bonds is 5. The van der Waals surface area contributed by atoms with E-state index in [9.17, 15) is 4.79 Å². The fraction of sp³-hybridized carbons (Fsp3) is 0.250. The van der Waals surface area contributed by atoms with Crippen molar-refractivity contribution in [3.8, 4) is 5.95 Å². The van der Waals surface area contributed by atoms with Gasteiger partial charge in [-0.1, -0.05) is 36.4 Å². The van der Waals surface area contributed by atoms with Crippen LogP contribution in [0.4, 0.5) is 5.82 Å². The van der Waals surface area contributed by atoms with Gasteiger partial charge in [0, 0.05) is 12.1 Å². The Bertz CT molecular complexity index is 1280. The lowest BCUT2D eigenvalue weighted by atomic mass is 9.96. The predicted octanol–water partition coefficient (Wildman–Crippen LogP) is 3.71. The number of anilines is 1. The summed E-state index contributed by atoms with van der Waals surface area (Å²) < 4.78 is 1.91. The fourth-order valence-corrected chi connectivity index (χ4v) is 4.28. The van der Waals surface area contributed by atoms with Crippen LogP contribution in [0, 0.1) is 6.92 Å². The Kier molecular flexibility index (Phi) is 4.86. The van der Waals surface area contributed by atoms with Gasteiger partial charge in [-0.05, 0) is 50.3 Å². The molecule has 3 N–H and O–H groups in total. The molecule has 1 aliphatic carbocycles. The molecule has 0 saturated carbocycles. The van der Waals surface area contributed by atoms with Crippen LogP contribution in [-0.2, 0) is 19.4 Å². The number of benzene rings is 2. The van der Waals surface area contributed by atoms with Gasteiger partial charge in [0.15, 0.2) is 0 Å². The number of imidazole rings is 1. The maximum absolute atomic E-state index is 11.9. The van der Waals surface area contributed by atoms with E-state index in [0.717, 1.165) is 42.7 Å². The lowest BCUT2D eigenvalue weighted by molar-refractivity contribution is 0.100. The van der Waals surface area contributed by atoms with Crippen LogP contribution in [0.5, 0.6) is 0 Å². The zero-order valence-corrected chi connectivity index (χ0v) is 17.4. The molecular weight excluding hydrogens is 388 g/mol. The molecule has 7 heteroatoms. The van der Waals surface area contributed by atoms with Crippen LogP contribution in [0.25, 0.3) is 17.0 Å². The van der Waals surface area contributed by atoms with E-state index < -0.39 is 5.91 Å². The molecule has 1 amide bonds. The predicted molar refractivity (Wildman–Crippen MR) is 120 cm³/mol. The molecule has 0 bridgehead atoms. The minimum atomic E-state index is -0.494. The minimum Gasteiger partial charge on any atom is -0.366 e. The molecule has 0 aliphatic heterocycles. The first kappa shape index (κ1) is 19.2. The van der Waals surface area contributed by atoms with E-state index in [0.29, 0.717) is 29.4 Å². The summed E-state index contributed by atoms with van der Waals surface area (Å²) in [4.78, 5) is 26.3. The first-order valence-electron chi connectivity index (χ1n) is 10.6. The Labute approximate surface area is 180 Å². The van der Waals surface area contributed by atoms with Crippen molar-refractivity contribution in [3.05, 3.63) is 76.7 Å². The largest absolute Gasteiger partial charge is 0.366 e. The highest BCUT2D eigenvalue weighted by Crippen LogP contribution is 2.29. The number of carbonyl (C=O) groups excluding carboxylic acids is 1. The third-order valence-electron chi connectivity index (χ3n) is 5.79. The summed E-state index contributed by atoms with van der Waals surface area (Å²) in [6.07, 6.45) is 4.17. The van der Waals surface area contributed by atoms with E-state index in [1.807, 2.05) is 41.8 Å². The van der Waals surface area contributed by atoms with Crippen LogP contribution in [0.3, 0.4) is 0 Å². The molecule has 7 nitrogen and oxygen atoms in total. The molecule has 0 fully saturated rings. The van der Waals surface area contributed by atoms with Gasteiger partial charge in [-0.25, -0.2) is 9.97 Å². The van der Waals surface area contributed by atoms with Crippen molar-refractivity contribution in [1.82, 2.24) is 19.5 Å². The topological polar surface area (TPSA) is 98.7 Å². The van der Waals surface area contributed by atoms with Gasteiger partial charge in [0.25, 0.3) is 5.91 Å². The second-order valence-electron chi connectivity index (χ2n) is 7.88. The fourth-order valence-electron chi connectivity index (χ4n) is 4.28. The van der Waals surface area contributed by atoms with E-state index in [1.165, 1.54) is 11.1 Å². The van der Waals surface area contributed by atoms with Gasteiger partial charge in [-0.2, -0.15) is 4.98 Å². The van der Waals surface area contributed by atoms with Gasteiger partial charge in [0.1, 0.15) is 17.2 Å². The average Bonchev–Trinajstić information content (AvgIpc) is 3.13. The van der Waals surface area contributed by atoms with Crippen molar-refractivity contribution in [1.29, 1.82) is 0 Å². The van der Waals surface area contributed by atoms with Crippen molar-refractivity contribution in [2.45, 2.75) is 39.2 Å². The number of nitrogens with one attached hydrogen (secondary N) is 1. The number of hydrogen-bond donors (Lipinski definition) is 2. The highest BCUT2D eigenvalue weighted by molar-refractivity contribution is 6.04. The first-order chi connectivity index (χ1) is 15.1. The van der Waals surface area contributed by atoms with Crippen molar-refractivity contribution in [2.24, 2.45) is 5.73 Å². The minimum absolute atomic E-state index is 0.403. The van der Waals surface area contributed by atoms with Gasteiger partial charge in [-0.15, -0.1) is 0 Å². The van der Waals surface area contributed by atoms with Crippen LogP contribution in [0.1, 0.15) is 45.8 Å². The summed E-state index contributed by atoms with van der Waals surface area (Å²) >= 11 is 0. The maximum Gasteiger partial charge on any atom is 0.250 e. The van der Waals surface area contributed by atoms with E-state index in [2.05, 4.69) is 22.4 Å². The highest BCUT2D eigenvalue weighted by Gasteiger charge is 2.21. The van der Waals surface area contributed by atoms with Crippen LogP contribution in [-0.4, -0.2) is 25.4 Å². The smallest absolute Gasteiger partial charge is 0.250 e. The molecule has 5 rings (SSSR count). The number of nitrogens with two attached hydrogens (primary N) is 1. The highest BCUT2D eigenvalue weighted by atomic mass is 16.1. The lowest BCUT2D eigenvalue weighted by Crippen LogP contribution is -2.16. The van der Waals surface area contributed by atoms with E-state index in [1.54, 1.807) is 6.07 Å². The Hall–Kier alpha value is -3.74. The third-order valence-corrected chi connectivity index (χ3v) is 5.79. The number of carbonyl (C=O) groups is 1. The van der Waals surface area contributed by atoms with Gasteiger partial charge in [-0.3, -0.25) is 9.36 Å². The number of fused-ring (bicyclic) bond motifs is 2. The Morgan fingerprint density at radius 1 is 1.03 bits per heavy atom. The Morgan fingerprint density at radius 3 is 2.65 bits per heavy atom. The normalized spacial score (nSPS) is 13.2. The molecule has 0 saturated heterocycles. The molecule has 2 aromatic heterocycles. The number of aromatic nitrogens is 4. The monoisotopic (exact) mass is 412 g/mol. The number of aryl methyl sites for hydroxylation is 2. The number of nitrogens with zero attached hydrogens (tertiary/aromatic N) is 4. The SMILES string of the molecule is Cc1nc2c(C(N)=O)cccc2n1-c1nc2c(c(NCc3ccccc3)n1)CCCC2. The van der Waals surface area contributed by atoms with Gasteiger partial charge in [0.05, 0.1) is 16.8 Å². The summed E-state index contributed by atoms with van der Waals surface area (Å²) in [5.41, 5.74) is 10.8. The van der Waals surface area contributed by atoms with Crippen LogP contribution >= 0.6 is 0 Å². The Morgan fingerprint density at radius 2 is 1.84 bits per heavy atom. The van der Waals surface area contributed by atoms with Crippen molar-refractivity contribution in [3.63, 3.8) is 0 Å². The Balaban J connectivity index is 1.62. The third kappa shape index (κ3) is 3.52. The van der Waals surface area contributed by atoms with E-state index in [4.69, 9.17) is 15.7 Å². The van der Waals surface area contributed by atoms with E-state index >= 15 is 0 Å². The second kappa shape index (κ2) is 7.83. The molecule has 2 aromatic carbocycles. The lowest BCUT2D eigenvalue weighted by Gasteiger charge is -2.20. The van der Waals surface area contributed by atoms with Crippen molar-refractivity contribution >= 4 is 22.8 Å². The molecule has 0 unspecified atom stereocenters. The number of hydrogen-bond acceptors (Lipinski definition) is 5. The van der Waals surface area contributed by atoms with Gasteiger partial charge in [0.2, 0.25) is 5.95 Å². The molecule has 4 aromatic rings. The summed E-state index contributed by atoms with van der Waals surface area (Å²) in [7, 11) is 0. The zero-order chi connectivity index (χ0) is 21.4. The molecule has 1 aliphatic rings. The number of amides is 1. The molecular formula is C24H24N6O. The second-order valence-corrected chi connectivity index (χ2v) is 7.88. The standard InChI is InChI=1S/C24H24N6O/c1-15-27-21-18(22(25)31)11-7-13-20(21)30(15)24-28-19-12-6-5-10-17(19)23(29-24)26-14-16-8-3-2-4-9-16/h2-4,7-9,11,13H,5-6,10,12,14H2,1H3,(H2,25,31)(H,26,28,29). The molecule has 31 heavy (non-hydrogen) atoms. The van der Waals surface area contributed by atoms with Crippen LogP contribution < -0.4 is 11.1 Å². The number of para-hydroxylation sites is 1. The first-order valence-corrected chi connectivity index (χ1v) is 10.6. The van der Waals surface area contributed by atoms with Crippen molar-refractivity contribution in [2.75, 3.05) is 5.32 Å².